The molecule has 0 unspecified atom stereocenters. The summed E-state index contributed by atoms with van der Waals surface area (Å²) in [4.78, 5) is 23.1. The van der Waals surface area contributed by atoms with Crippen LogP contribution in [0.2, 0.25) is 0 Å². The van der Waals surface area contributed by atoms with Crippen molar-refractivity contribution in [1.29, 1.82) is 5.26 Å². The fourth-order valence-corrected chi connectivity index (χ4v) is 1.85. The Morgan fingerprint density at radius 1 is 1.40 bits per heavy atom. The van der Waals surface area contributed by atoms with Crippen LogP contribution in [0, 0.1) is 17.2 Å². The number of rotatable bonds is 6. The largest absolute Gasteiger partial charge is 0.368 e. The Hall–Kier alpha value is -2.35. The van der Waals surface area contributed by atoms with Crippen LogP contribution in [0.3, 0.4) is 0 Å². The van der Waals surface area contributed by atoms with Crippen molar-refractivity contribution in [3.63, 3.8) is 0 Å². The van der Waals surface area contributed by atoms with Crippen LogP contribution in [0.25, 0.3) is 0 Å². The third-order valence-electron chi connectivity index (χ3n) is 2.77. The summed E-state index contributed by atoms with van der Waals surface area (Å²) >= 11 is 0. The van der Waals surface area contributed by atoms with Crippen molar-refractivity contribution in [2.75, 3.05) is 0 Å². The number of amides is 2. The molecule has 0 saturated heterocycles. The second kappa shape index (κ2) is 7.29. The normalized spacial score (nSPS) is 11.7. The van der Waals surface area contributed by atoms with Gasteiger partial charge in [0.1, 0.15) is 6.04 Å². The molecule has 0 bridgehead atoms. The van der Waals surface area contributed by atoms with E-state index in [0.29, 0.717) is 12.0 Å². The molecule has 0 fully saturated rings. The van der Waals surface area contributed by atoms with Gasteiger partial charge in [0.25, 0.3) is 0 Å². The molecular weight excluding hydrogens is 254 g/mol. The number of primary amides is 1. The molecule has 0 aromatic heterocycles. The molecule has 0 radical (unpaired) electrons. The van der Waals surface area contributed by atoms with Crippen LogP contribution in [-0.4, -0.2) is 17.9 Å². The molecule has 1 aromatic rings. The van der Waals surface area contributed by atoms with E-state index in [4.69, 9.17) is 11.0 Å². The van der Waals surface area contributed by atoms with Crippen molar-refractivity contribution in [2.45, 2.75) is 32.7 Å². The van der Waals surface area contributed by atoms with Gasteiger partial charge in [-0.15, -0.1) is 0 Å². The van der Waals surface area contributed by atoms with E-state index in [1.54, 1.807) is 24.3 Å². The first-order chi connectivity index (χ1) is 9.42. The number of carbonyl (C=O) groups is 2. The van der Waals surface area contributed by atoms with E-state index in [9.17, 15) is 9.59 Å². The Kier molecular flexibility index (Phi) is 5.73. The van der Waals surface area contributed by atoms with Crippen LogP contribution in [0.5, 0.6) is 0 Å². The van der Waals surface area contributed by atoms with E-state index in [1.165, 1.54) is 0 Å². The van der Waals surface area contributed by atoms with Gasteiger partial charge in [-0.05, 0) is 23.6 Å². The summed E-state index contributed by atoms with van der Waals surface area (Å²) in [5, 5.41) is 11.5. The van der Waals surface area contributed by atoms with Gasteiger partial charge in [0.15, 0.2) is 0 Å². The van der Waals surface area contributed by atoms with Crippen LogP contribution in [0.1, 0.15) is 31.4 Å². The number of benzene rings is 1. The van der Waals surface area contributed by atoms with E-state index in [2.05, 4.69) is 5.32 Å². The maximum absolute atomic E-state index is 11.7. The molecule has 5 nitrogen and oxygen atoms in total. The fourth-order valence-electron chi connectivity index (χ4n) is 1.85. The second-order valence-corrected chi connectivity index (χ2v) is 5.14. The highest BCUT2D eigenvalue weighted by atomic mass is 16.2. The minimum atomic E-state index is -0.754. The van der Waals surface area contributed by atoms with Gasteiger partial charge in [0.05, 0.1) is 11.6 Å². The molecule has 1 aromatic carbocycles. The van der Waals surface area contributed by atoms with Crippen molar-refractivity contribution in [3.8, 4) is 6.07 Å². The lowest BCUT2D eigenvalue weighted by atomic mass is 10.0. The van der Waals surface area contributed by atoms with Crippen molar-refractivity contribution < 1.29 is 9.59 Å². The zero-order chi connectivity index (χ0) is 15.1. The van der Waals surface area contributed by atoms with Gasteiger partial charge in [-0.2, -0.15) is 5.26 Å². The molecule has 106 valence electrons. The minimum Gasteiger partial charge on any atom is -0.368 e. The number of nitrogens with zero attached hydrogens (tertiary/aromatic N) is 1. The van der Waals surface area contributed by atoms with Gasteiger partial charge in [-0.25, -0.2) is 0 Å². The average molecular weight is 273 g/mol. The lowest BCUT2D eigenvalue weighted by molar-refractivity contribution is -0.127. The van der Waals surface area contributed by atoms with Gasteiger partial charge in [0.2, 0.25) is 11.8 Å². The predicted molar refractivity (Wildman–Crippen MR) is 75.4 cm³/mol. The van der Waals surface area contributed by atoms with Crippen molar-refractivity contribution >= 4 is 11.8 Å². The maximum Gasteiger partial charge on any atom is 0.240 e. The van der Waals surface area contributed by atoms with Gasteiger partial charge in [-0.3, -0.25) is 9.59 Å². The third-order valence-corrected chi connectivity index (χ3v) is 2.77. The summed E-state index contributed by atoms with van der Waals surface area (Å²) < 4.78 is 0. The third kappa shape index (κ3) is 5.11. The molecule has 0 aliphatic heterocycles. The van der Waals surface area contributed by atoms with Crippen LogP contribution in [0.4, 0.5) is 0 Å². The van der Waals surface area contributed by atoms with Gasteiger partial charge in [0, 0.05) is 12.8 Å². The average Bonchev–Trinajstić information content (AvgIpc) is 2.37. The van der Waals surface area contributed by atoms with Crippen LogP contribution in [-0.2, 0) is 16.0 Å². The summed E-state index contributed by atoms with van der Waals surface area (Å²) in [5.74, 6) is -0.560. The smallest absolute Gasteiger partial charge is 0.240 e. The van der Waals surface area contributed by atoms with E-state index >= 15 is 0 Å². The number of carbonyl (C=O) groups excluding carboxylic acids is 2. The van der Waals surface area contributed by atoms with Gasteiger partial charge >= 0.3 is 0 Å². The first kappa shape index (κ1) is 15.7. The van der Waals surface area contributed by atoms with E-state index in [1.807, 2.05) is 19.9 Å². The second-order valence-electron chi connectivity index (χ2n) is 5.14. The Bertz CT molecular complexity index is 532. The predicted octanol–water partition coefficient (Wildman–Crippen LogP) is 1.12. The monoisotopic (exact) mass is 273 g/mol. The number of nitrogens with one attached hydrogen (secondary N) is 1. The molecule has 3 N–H and O–H groups in total. The van der Waals surface area contributed by atoms with Crippen LogP contribution >= 0.6 is 0 Å². The molecule has 0 saturated carbocycles. The first-order valence-electron chi connectivity index (χ1n) is 6.50. The Morgan fingerprint density at radius 3 is 2.65 bits per heavy atom. The lowest BCUT2D eigenvalue weighted by Crippen LogP contribution is -2.46. The lowest BCUT2D eigenvalue weighted by Gasteiger charge is -2.16. The molecule has 0 aliphatic rings. The maximum atomic E-state index is 11.7. The molecule has 1 rings (SSSR count). The standard InChI is InChI=1S/C15H19N3O2/c1-10(2)6-14(19)18-13(15(17)20)8-11-4-3-5-12(7-11)9-16/h3-5,7,10,13H,6,8H2,1-2H3,(H2,17,20)(H,18,19)/t13-/m1/s1. The number of nitrogens with two attached hydrogens (primary N) is 1. The zero-order valence-electron chi connectivity index (χ0n) is 11.7. The Morgan fingerprint density at radius 2 is 2.10 bits per heavy atom. The number of hydrogen-bond acceptors (Lipinski definition) is 3. The summed E-state index contributed by atoms with van der Waals surface area (Å²) in [6.07, 6.45) is 0.636. The van der Waals surface area contributed by atoms with Gasteiger partial charge in [-0.1, -0.05) is 26.0 Å². The fraction of sp³-hybridized carbons (Fsp3) is 0.400. The molecule has 2 amide bonds. The SMILES string of the molecule is CC(C)CC(=O)N[C@H](Cc1cccc(C#N)c1)C(N)=O. The highest BCUT2D eigenvalue weighted by Crippen LogP contribution is 2.08. The molecule has 20 heavy (non-hydrogen) atoms. The number of hydrogen-bond donors (Lipinski definition) is 2. The molecule has 5 heteroatoms. The Labute approximate surface area is 118 Å². The molecule has 1 atom stereocenters. The van der Waals surface area contributed by atoms with E-state index < -0.39 is 11.9 Å². The summed E-state index contributed by atoms with van der Waals surface area (Å²) in [6.45, 7) is 3.85. The number of nitriles is 1. The van der Waals surface area contributed by atoms with Crippen molar-refractivity contribution in [3.05, 3.63) is 35.4 Å². The molecule has 0 aliphatic carbocycles. The summed E-state index contributed by atoms with van der Waals surface area (Å²) in [7, 11) is 0. The quantitative estimate of drug-likeness (QED) is 0.812. The van der Waals surface area contributed by atoms with Crippen molar-refractivity contribution in [2.24, 2.45) is 11.7 Å². The zero-order valence-corrected chi connectivity index (χ0v) is 11.7. The van der Waals surface area contributed by atoms with Gasteiger partial charge < -0.3 is 11.1 Å². The first-order valence-corrected chi connectivity index (χ1v) is 6.50. The summed E-state index contributed by atoms with van der Waals surface area (Å²) in [5.41, 5.74) is 6.62. The highest BCUT2D eigenvalue weighted by molar-refractivity contribution is 5.86. The van der Waals surface area contributed by atoms with Crippen molar-refractivity contribution in [1.82, 2.24) is 5.32 Å². The van der Waals surface area contributed by atoms with Crippen LogP contribution in [0.15, 0.2) is 24.3 Å². The van der Waals surface area contributed by atoms with E-state index in [0.717, 1.165) is 5.56 Å². The molecule has 0 heterocycles. The van der Waals surface area contributed by atoms with Crippen LogP contribution < -0.4 is 11.1 Å². The molecular formula is C15H19N3O2. The topological polar surface area (TPSA) is 96.0 Å². The highest BCUT2D eigenvalue weighted by Gasteiger charge is 2.19. The summed E-state index contributed by atoms with van der Waals surface area (Å²) in [6, 6.07) is 8.18. The Balaban J connectivity index is 2.75. The minimum absolute atomic E-state index is 0.194. The van der Waals surface area contributed by atoms with E-state index in [-0.39, 0.29) is 18.2 Å². The molecule has 0 spiro atoms.